The molecule has 0 saturated carbocycles. The highest BCUT2D eigenvalue weighted by molar-refractivity contribution is 14.1. The van der Waals surface area contributed by atoms with Crippen LogP contribution in [0.3, 0.4) is 0 Å². The van der Waals surface area contributed by atoms with E-state index < -0.39 is 10.8 Å². The molecule has 1 amide bonds. The molecule has 0 fully saturated rings. The van der Waals surface area contributed by atoms with Gasteiger partial charge in [0.05, 0.1) is 13.0 Å². The number of benzene rings is 2. The molecule has 0 aliphatic heterocycles. The van der Waals surface area contributed by atoms with E-state index in [4.69, 9.17) is 4.74 Å². The standard InChI is InChI=1S/C19H13BrIN3O4/c1-2-6-28-18-16(20)8-12(9-17(18)21)7-13(11-22)19(25)23-14-4-3-5-15(10-14)24(26)27/h2-5,7-10H,1,6H2,(H,23,25)/b13-7+. The number of halogens is 2. The number of amides is 1. The van der Waals surface area contributed by atoms with E-state index in [1.54, 1.807) is 18.2 Å². The van der Waals surface area contributed by atoms with Gasteiger partial charge in [0, 0.05) is 17.8 Å². The van der Waals surface area contributed by atoms with E-state index in [-0.39, 0.29) is 16.9 Å². The van der Waals surface area contributed by atoms with Crippen molar-refractivity contribution in [3.63, 3.8) is 0 Å². The van der Waals surface area contributed by atoms with Gasteiger partial charge in [-0.2, -0.15) is 5.26 Å². The number of nitrogens with zero attached hydrogens (tertiary/aromatic N) is 2. The highest BCUT2D eigenvalue weighted by atomic mass is 127. The van der Waals surface area contributed by atoms with E-state index >= 15 is 0 Å². The second-order valence-corrected chi connectivity index (χ2v) is 7.36. The summed E-state index contributed by atoms with van der Waals surface area (Å²) in [6.45, 7) is 3.95. The normalized spacial score (nSPS) is 10.7. The molecule has 0 heterocycles. The average molecular weight is 554 g/mol. The van der Waals surface area contributed by atoms with Gasteiger partial charge in [-0.25, -0.2) is 0 Å². The fourth-order valence-electron chi connectivity index (χ4n) is 2.15. The maximum atomic E-state index is 12.4. The van der Waals surface area contributed by atoms with Gasteiger partial charge in [0.1, 0.15) is 24.0 Å². The number of non-ortho nitro benzene ring substituents is 1. The van der Waals surface area contributed by atoms with Crippen molar-refractivity contribution in [3.05, 3.63) is 78.3 Å². The Morgan fingerprint density at radius 2 is 2.18 bits per heavy atom. The molecule has 2 rings (SSSR count). The summed E-state index contributed by atoms with van der Waals surface area (Å²) in [6, 6.07) is 10.8. The number of rotatable bonds is 7. The number of carbonyl (C=O) groups is 1. The molecule has 0 radical (unpaired) electrons. The Hall–Kier alpha value is -2.71. The Balaban J connectivity index is 2.27. The van der Waals surface area contributed by atoms with E-state index in [1.807, 2.05) is 6.07 Å². The van der Waals surface area contributed by atoms with Crippen LogP contribution in [0.15, 0.2) is 59.1 Å². The van der Waals surface area contributed by atoms with Gasteiger partial charge >= 0.3 is 0 Å². The number of nitriles is 1. The number of nitrogens with one attached hydrogen (secondary N) is 1. The molecular weight excluding hydrogens is 541 g/mol. The molecule has 1 N–H and O–H groups in total. The molecule has 9 heteroatoms. The Kier molecular flexibility index (Phi) is 7.71. The first-order chi connectivity index (χ1) is 13.3. The first-order valence-corrected chi connectivity index (χ1v) is 9.63. The second-order valence-electron chi connectivity index (χ2n) is 5.34. The summed E-state index contributed by atoms with van der Waals surface area (Å²) < 4.78 is 7.03. The minimum atomic E-state index is -0.666. The van der Waals surface area contributed by atoms with Crippen LogP contribution in [0.4, 0.5) is 11.4 Å². The minimum Gasteiger partial charge on any atom is -0.487 e. The molecule has 7 nitrogen and oxygen atoms in total. The zero-order valence-corrected chi connectivity index (χ0v) is 18.1. The fraction of sp³-hybridized carbons (Fsp3) is 0.0526. The summed E-state index contributed by atoms with van der Waals surface area (Å²) >= 11 is 5.50. The molecule has 2 aromatic rings. The highest BCUT2D eigenvalue weighted by Crippen LogP contribution is 2.32. The monoisotopic (exact) mass is 553 g/mol. The van der Waals surface area contributed by atoms with Crippen molar-refractivity contribution in [2.45, 2.75) is 0 Å². The molecule has 2 aromatic carbocycles. The Labute approximate surface area is 183 Å². The van der Waals surface area contributed by atoms with Crippen molar-refractivity contribution in [3.8, 4) is 11.8 Å². The summed E-state index contributed by atoms with van der Waals surface area (Å²) in [6.07, 6.45) is 3.05. The van der Waals surface area contributed by atoms with E-state index in [0.29, 0.717) is 22.4 Å². The fourth-order valence-corrected chi connectivity index (χ4v) is 3.92. The maximum Gasteiger partial charge on any atom is 0.271 e. The quantitative estimate of drug-likeness (QED) is 0.129. The molecule has 0 aromatic heterocycles. The van der Waals surface area contributed by atoms with Crippen LogP contribution in [-0.2, 0) is 4.79 Å². The second kappa shape index (κ2) is 10.0. The van der Waals surface area contributed by atoms with Gasteiger partial charge in [-0.05, 0) is 68.4 Å². The Morgan fingerprint density at radius 3 is 2.79 bits per heavy atom. The summed E-state index contributed by atoms with van der Waals surface area (Å²) in [7, 11) is 0. The lowest BCUT2D eigenvalue weighted by Crippen LogP contribution is -2.13. The predicted octanol–water partition coefficient (Wildman–Crippen LogP) is 5.07. The van der Waals surface area contributed by atoms with Crippen molar-refractivity contribution in [2.24, 2.45) is 0 Å². The number of hydrogen-bond donors (Lipinski definition) is 1. The number of ether oxygens (including phenoxy) is 1. The Morgan fingerprint density at radius 1 is 1.43 bits per heavy atom. The number of nitro benzene ring substituents is 1. The van der Waals surface area contributed by atoms with Crippen molar-refractivity contribution in [1.29, 1.82) is 5.26 Å². The highest BCUT2D eigenvalue weighted by Gasteiger charge is 2.14. The molecule has 0 unspecified atom stereocenters. The molecule has 28 heavy (non-hydrogen) atoms. The van der Waals surface area contributed by atoms with E-state index in [9.17, 15) is 20.2 Å². The van der Waals surface area contributed by atoms with Gasteiger partial charge in [0.15, 0.2) is 0 Å². The SMILES string of the molecule is C=CCOc1c(Br)cc(/C=C(\C#N)C(=O)Nc2cccc([N+](=O)[O-])c2)cc1I. The van der Waals surface area contributed by atoms with Gasteiger partial charge in [-0.3, -0.25) is 14.9 Å². The van der Waals surface area contributed by atoms with Gasteiger partial charge < -0.3 is 10.1 Å². The Bertz CT molecular complexity index is 991. The molecular formula is C19H13BrIN3O4. The van der Waals surface area contributed by atoms with Crippen molar-refractivity contribution < 1.29 is 14.5 Å². The first-order valence-electron chi connectivity index (χ1n) is 7.76. The summed E-state index contributed by atoms with van der Waals surface area (Å²) in [5.41, 5.74) is 0.542. The summed E-state index contributed by atoms with van der Waals surface area (Å²) in [5.74, 6) is -0.0293. The smallest absolute Gasteiger partial charge is 0.271 e. The maximum absolute atomic E-state index is 12.4. The number of nitro groups is 1. The zero-order chi connectivity index (χ0) is 20.7. The van der Waals surface area contributed by atoms with Gasteiger partial charge in [0.2, 0.25) is 0 Å². The van der Waals surface area contributed by atoms with Gasteiger partial charge in [-0.1, -0.05) is 18.7 Å². The van der Waals surface area contributed by atoms with E-state index in [2.05, 4.69) is 50.4 Å². The molecule has 0 bridgehead atoms. The number of carbonyl (C=O) groups excluding carboxylic acids is 1. The minimum absolute atomic E-state index is 0.144. The van der Waals surface area contributed by atoms with E-state index in [1.165, 1.54) is 30.3 Å². The van der Waals surface area contributed by atoms with Crippen molar-refractivity contribution >= 4 is 61.9 Å². The molecule has 0 aliphatic rings. The largest absolute Gasteiger partial charge is 0.487 e. The van der Waals surface area contributed by atoms with Crippen LogP contribution in [0.5, 0.6) is 5.75 Å². The van der Waals surface area contributed by atoms with Crippen LogP contribution in [0.1, 0.15) is 5.56 Å². The molecule has 0 atom stereocenters. The molecule has 0 spiro atoms. The predicted molar refractivity (Wildman–Crippen MR) is 118 cm³/mol. The van der Waals surface area contributed by atoms with Crippen LogP contribution >= 0.6 is 38.5 Å². The lowest BCUT2D eigenvalue weighted by atomic mass is 10.1. The molecule has 142 valence electrons. The van der Waals surface area contributed by atoms with Crippen LogP contribution in [0.2, 0.25) is 0 Å². The summed E-state index contributed by atoms with van der Waals surface area (Å²) in [4.78, 5) is 22.7. The van der Waals surface area contributed by atoms with Crippen LogP contribution < -0.4 is 10.1 Å². The molecule has 0 aliphatic carbocycles. The third-order valence-electron chi connectivity index (χ3n) is 3.36. The lowest BCUT2D eigenvalue weighted by Gasteiger charge is -2.10. The van der Waals surface area contributed by atoms with Crippen LogP contribution in [0, 0.1) is 25.0 Å². The third-order valence-corrected chi connectivity index (χ3v) is 4.75. The van der Waals surface area contributed by atoms with Crippen molar-refractivity contribution in [1.82, 2.24) is 0 Å². The number of hydrogen-bond acceptors (Lipinski definition) is 5. The zero-order valence-electron chi connectivity index (χ0n) is 14.3. The van der Waals surface area contributed by atoms with Gasteiger partial charge in [0.25, 0.3) is 11.6 Å². The average Bonchev–Trinajstić information content (AvgIpc) is 2.65. The number of anilines is 1. The van der Waals surface area contributed by atoms with Crippen LogP contribution in [-0.4, -0.2) is 17.4 Å². The lowest BCUT2D eigenvalue weighted by molar-refractivity contribution is -0.384. The van der Waals surface area contributed by atoms with Gasteiger partial charge in [-0.15, -0.1) is 0 Å². The van der Waals surface area contributed by atoms with E-state index in [0.717, 1.165) is 3.57 Å². The van der Waals surface area contributed by atoms with Crippen LogP contribution in [0.25, 0.3) is 6.08 Å². The topological polar surface area (TPSA) is 105 Å². The summed E-state index contributed by atoms with van der Waals surface area (Å²) in [5, 5.41) is 22.7. The molecule has 0 saturated heterocycles. The van der Waals surface area contributed by atoms with Crippen molar-refractivity contribution in [2.75, 3.05) is 11.9 Å². The third kappa shape index (κ3) is 5.64. The first kappa shape index (κ1) is 21.6.